The third kappa shape index (κ3) is 2.86. The van der Waals surface area contributed by atoms with Crippen molar-refractivity contribution in [1.29, 1.82) is 0 Å². The fourth-order valence-corrected chi connectivity index (χ4v) is 1.15. The molecular formula is C9H14N2O5. The summed E-state index contributed by atoms with van der Waals surface area (Å²) in [6.07, 6.45) is -1.17. The number of amidine groups is 1. The van der Waals surface area contributed by atoms with Gasteiger partial charge in [-0.25, -0.2) is 4.99 Å². The highest BCUT2D eigenvalue weighted by Crippen LogP contribution is 2.05. The van der Waals surface area contributed by atoms with E-state index in [0.29, 0.717) is 12.1 Å². The van der Waals surface area contributed by atoms with E-state index in [1.807, 2.05) is 0 Å². The second-order valence-electron chi connectivity index (χ2n) is 3.37. The van der Waals surface area contributed by atoms with Crippen molar-refractivity contribution < 1.29 is 25.2 Å². The molecule has 1 aliphatic rings. The fourth-order valence-electron chi connectivity index (χ4n) is 1.15. The Morgan fingerprint density at radius 1 is 1.38 bits per heavy atom. The van der Waals surface area contributed by atoms with Gasteiger partial charge in [0.2, 0.25) is 0 Å². The average molecular weight is 230 g/mol. The maximum absolute atomic E-state index is 10.7. The third-order valence-corrected chi connectivity index (χ3v) is 2.21. The maximum atomic E-state index is 10.7. The molecule has 5 N–H and O–H groups in total. The van der Waals surface area contributed by atoms with Gasteiger partial charge in [-0.3, -0.25) is 0 Å². The van der Waals surface area contributed by atoms with Gasteiger partial charge in [0.25, 0.3) is 0 Å². The Labute approximate surface area is 91.7 Å². The minimum absolute atomic E-state index is 0.395. The van der Waals surface area contributed by atoms with E-state index >= 15 is 0 Å². The lowest BCUT2D eigenvalue weighted by molar-refractivity contribution is -0.119. The Morgan fingerprint density at radius 3 is 2.38 bits per heavy atom. The molecule has 16 heavy (non-hydrogen) atoms. The first-order valence-electron chi connectivity index (χ1n) is 4.71. The third-order valence-electron chi connectivity index (χ3n) is 2.21. The van der Waals surface area contributed by atoms with Gasteiger partial charge in [0, 0.05) is 6.20 Å². The first-order chi connectivity index (χ1) is 7.60. The quantitative estimate of drug-likeness (QED) is 0.313. The average Bonchev–Trinajstić information content (AvgIpc) is 2.25. The molecule has 0 saturated carbocycles. The largest absolute Gasteiger partial charge is 0.394 e. The van der Waals surface area contributed by atoms with Crippen LogP contribution in [-0.2, 0) is 4.79 Å². The van der Waals surface area contributed by atoms with Crippen LogP contribution < -0.4 is 5.32 Å². The van der Waals surface area contributed by atoms with Crippen molar-refractivity contribution in [3.8, 4) is 0 Å². The Morgan fingerprint density at radius 2 is 2.00 bits per heavy atom. The molecule has 1 rings (SSSR count). The van der Waals surface area contributed by atoms with E-state index in [4.69, 9.17) is 10.2 Å². The minimum atomic E-state index is -1.61. The van der Waals surface area contributed by atoms with Crippen LogP contribution in [0.25, 0.3) is 0 Å². The number of carbonyl (C=O) groups excluding carboxylic acids is 1. The van der Waals surface area contributed by atoms with Gasteiger partial charge >= 0.3 is 0 Å². The molecule has 0 aromatic rings. The normalized spacial score (nSPS) is 21.4. The van der Waals surface area contributed by atoms with Crippen molar-refractivity contribution in [2.24, 2.45) is 4.99 Å². The second kappa shape index (κ2) is 5.71. The lowest BCUT2D eigenvalue weighted by Crippen LogP contribution is -2.53. The monoisotopic (exact) mass is 230 g/mol. The van der Waals surface area contributed by atoms with Crippen LogP contribution in [-0.4, -0.2) is 63.5 Å². The molecule has 0 spiro atoms. The SMILES string of the molecule is O=C[C@H](NC1=NC=C1)[C@@H](O)[C@@H](O)[C@H](O)CO. The summed E-state index contributed by atoms with van der Waals surface area (Å²) in [7, 11) is 0. The molecule has 0 bridgehead atoms. The highest BCUT2D eigenvalue weighted by atomic mass is 16.4. The summed E-state index contributed by atoms with van der Waals surface area (Å²) in [6.45, 7) is -0.704. The summed E-state index contributed by atoms with van der Waals surface area (Å²) < 4.78 is 0. The smallest absolute Gasteiger partial charge is 0.145 e. The molecule has 0 fully saturated rings. The highest BCUT2D eigenvalue weighted by Gasteiger charge is 2.31. The molecular weight excluding hydrogens is 216 g/mol. The summed E-state index contributed by atoms with van der Waals surface area (Å²) >= 11 is 0. The molecule has 0 amide bonds. The van der Waals surface area contributed by atoms with E-state index in [1.54, 1.807) is 6.08 Å². The molecule has 7 nitrogen and oxygen atoms in total. The van der Waals surface area contributed by atoms with Crippen molar-refractivity contribution in [2.45, 2.75) is 24.4 Å². The van der Waals surface area contributed by atoms with Crippen LogP contribution in [0.1, 0.15) is 0 Å². The molecule has 7 heteroatoms. The number of rotatable bonds is 6. The maximum Gasteiger partial charge on any atom is 0.145 e. The summed E-state index contributed by atoms with van der Waals surface area (Å²) in [5.41, 5.74) is 0. The van der Waals surface area contributed by atoms with Gasteiger partial charge in [-0.05, 0) is 6.08 Å². The molecule has 0 unspecified atom stereocenters. The zero-order chi connectivity index (χ0) is 12.1. The van der Waals surface area contributed by atoms with Gasteiger partial charge in [-0.1, -0.05) is 0 Å². The standard InChI is InChI=1S/C9H14N2O5/c12-3-5(11-7-1-2-10-7)8(15)9(16)6(14)4-13/h1-3,5-6,8-9,13-16H,4H2,(H,10,11)/t5-,6+,8+,9-/m0/s1. The van der Waals surface area contributed by atoms with Gasteiger partial charge in [-0.15, -0.1) is 0 Å². The lowest BCUT2D eigenvalue weighted by atomic mass is 10.0. The zero-order valence-corrected chi connectivity index (χ0v) is 8.39. The highest BCUT2D eigenvalue weighted by molar-refractivity contribution is 5.98. The number of carbonyl (C=O) groups is 1. The van der Waals surface area contributed by atoms with Crippen molar-refractivity contribution in [3.63, 3.8) is 0 Å². The predicted molar refractivity (Wildman–Crippen MR) is 54.7 cm³/mol. The minimum Gasteiger partial charge on any atom is -0.394 e. The number of aliphatic hydroxyl groups is 4. The molecule has 1 heterocycles. The molecule has 0 radical (unpaired) electrons. The van der Waals surface area contributed by atoms with Crippen LogP contribution in [0.2, 0.25) is 0 Å². The van der Waals surface area contributed by atoms with Crippen LogP contribution in [0.4, 0.5) is 0 Å². The van der Waals surface area contributed by atoms with Crippen LogP contribution >= 0.6 is 0 Å². The van der Waals surface area contributed by atoms with Crippen molar-refractivity contribution in [3.05, 3.63) is 12.3 Å². The van der Waals surface area contributed by atoms with E-state index in [-0.39, 0.29) is 0 Å². The first-order valence-corrected chi connectivity index (χ1v) is 4.71. The van der Waals surface area contributed by atoms with Crippen LogP contribution in [0.5, 0.6) is 0 Å². The summed E-state index contributed by atoms with van der Waals surface area (Å²) in [5.74, 6) is 0.404. The van der Waals surface area contributed by atoms with E-state index in [9.17, 15) is 15.0 Å². The molecule has 4 atom stereocenters. The van der Waals surface area contributed by atoms with Gasteiger partial charge in [0.05, 0.1) is 6.61 Å². The number of hydrogen-bond acceptors (Lipinski definition) is 7. The molecule has 1 aliphatic heterocycles. The topological polar surface area (TPSA) is 122 Å². The molecule has 0 aromatic heterocycles. The molecule has 0 aliphatic carbocycles. The van der Waals surface area contributed by atoms with Gasteiger partial charge in [-0.2, -0.15) is 0 Å². The van der Waals surface area contributed by atoms with Crippen molar-refractivity contribution in [1.82, 2.24) is 5.32 Å². The van der Waals surface area contributed by atoms with Crippen LogP contribution in [0, 0.1) is 0 Å². The molecule has 0 saturated heterocycles. The van der Waals surface area contributed by atoms with E-state index < -0.39 is 31.0 Å². The number of hydrogen-bond donors (Lipinski definition) is 5. The Bertz CT molecular complexity index is 304. The number of nitrogens with zero attached hydrogens (tertiary/aromatic N) is 1. The van der Waals surface area contributed by atoms with Crippen LogP contribution in [0.3, 0.4) is 0 Å². The second-order valence-corrected chi connectivity index (χ2v) is 3.37. The first kappa shape index (κ1) is 12.8. The summed E-state index contributed by atoms with van der Waals surface area (Å²) in [5, 5.41) is 39.2. The van der Waals surface area contributed by atoms with E-state index in [0.717, 1.165) is 0 Å². The number of aliphatic hydroxyl groups excluding tert-OH is 4. The molecule has 0 aromatic carbocycles. The summed E-state index contributed by atoms with van der Waals surface area (Å²) in [6, 6.07) is -1.10. The van der Waals surface area contributed by atoms with Crippen LogP contribution in [0.15, 0.2) is 17.3 Å². The van der Waals surface area contributed by atoms with Gasteiger partial charge in [0.15, 0.2) is 0 Å². The van der Waals surface area contributed by atoms with Crippen molar-refractivity contribution >= 4 is 12.1 Å². The predicted octanol–water partition coefficient (Wildman–Crippen LogP) is -2.86. The fraction of sp³-hybridized carbons (Fsp3) is 0.556. The number of nitrogens with one attached hydrogen (secondary N) is 1. The lowest BCUT2D eigenvalue weighted by Gasteiger charge is -2.27. The Kier molecular flexibility index (Phi) is 4.56. The van der Waals surface area contributed by atoms with E-state index in [1.165, 1.54) is 6.20 Å². The zero-order valence-electron chi connectivity index (χ0n) is 8.39. The summed E-state index contributed by atoms with van der Waals surface area (Å²) in [4.78, 5) is 14.4. The van der Waals surface area contributed by atoms with Crippen molar-refractivity contribution in [2.75, 3.05) is 6.61 Å². The van der Waals surface area contributed by atoms with E-state index in [2.05, 4.69) is 10.3 Å². The number of aldehydes is 1. The Hall–Kier alpha value is -1.28. The van der Waals surface area contributed by atoms with Gasteiger partial charge < -0.3 is 30.5 Å². The number of aliphatic imine (C=N–C) groups is 1. The van der Waals surface area contributed by atoms with Gasteiger partial charge in [0.1, 0.15) is 36.5 Å². The molecule has 90 valence electrons. The Balaban J connectivity index is 2.53.